The van der Waals surface area contributed by atoms with Gasteiger partial charge in [0, 0.05) is 18.4 Å². The van der Waals surface area contributed by atoms with Crippen molar-refractivity contribution in [2.45, 2.75) is 101 Å². The predicted molar refractivity (Wildman–Crippen MR) is 187 cm³/mol. The first-order valence-electron chi connectivity index (χ1n) is 16.8. The SMILES string of the molecule is CC(C)C[C@H](NC(=O)[C@@H](Cc1cccc(C(F)(F)S(=O)(=O)[O-])c1)NC(=O)[C@H](CCC(=O)O)NC(=O)[C@H](CC(=O)O)NC(=O)[C@H](C)NC(=O)[C@@H](N)CC(=O)O)C(N)=O. The summed E-state index contributed by atoms with van der Waals surface area (Å²) in [5, 5.41) is 33.2. The Bertz CT molecular complexity index is 1810. The Morgan fingerprint density at radius 3 is 1.75 bits per heavy atom. The van der Waals surface area contributed by atoms with E-state index in [4.69, 9.17) is 16.6 Å². The number of benzene rings is 1. The number of halogens is 2. The molecule has 0 heterocycles. The molecule has 6 amide bonds. The number of amides is 6. The van der Waals surface area contributed by atoms with Gasteiger partial charge in [-0.05, 0) is 37.3 Å². The second-order valence-electron chi connectivity index (χ2n) is 13.1. The topological polar surface area (TPSA) is 384 Å². The number of hydrogen-bond donors (Lipinski definition) is 10. The molecule has 0 aliphatic carbocycles. The molecule has 0 aliphatic heterocycles. The van der Waals surface area contributed by atoms with E-state index in [1.54, 1.807) is 13.8 Å². The highest BCUT2D eigenvalue weighted by atomic mass is 32.2. The zero-order valence-electron chi connectivity index (χ0n) is 30.7. The maximum absolute atomic E-state index is 14.4. The summed E-state index contributed by atoms with van der Waals surface area (Å²) in [6.07, 6.45) is -4.28. The van der Waals surface area contributed by atoms with E-state index >= 15 is 0 Å². The smallest absolute Gasteiger partial charge is 0.359 e. The van der Waals surface area contributed by atoms with Crippen LogP contribution in [-0.4, -0.2) is 118 Å². The van der Waals surface area contributed by atoms with Crippen LogP contribution in [-0.2, 0) is 64.9 Å². The number of nitrogens with one attached hydrogen (secondary N) is 5. The number of rotatable bonds is 24. The molecule has 0 saturated carbocycles. The summed E-state index contributed by atoms with van der Waals surface area (Å²) in [5.41, 5.74) is 9.29. The highest BCUT2D eigenvalue weighted by Crippen LogP contribution is 2.33. The molecular formula is C32H44F2N7O15S-. The predicted octanol–water partition coefficient (Wildman–Crippen LogP) is -3.06. The summed E-state index contributed by atoms with van der Waals surface area (Å²) in [4.78, 5) is 111. The molecular weight excluding hydrogens is 792 g/mol. The van der Waals surface area contributed by atoms with Gasteiger partial charge in [0.15, 0.2) is 10.1 Å². The summed E-state index contributed by atoms with van der Waals surface area (Å²) in [6.45, 7) is 4.41. The highest BCUT2D eigenvalue weighted by molar-refractivity contribution is 7.86. The average Bonchev–Trinajstić information content (AvgIpc) is 3.07. The number of carbonyl (C=O) groups excluding carboxylic acids is 6. The first kappa shape index (κ1) is 49.2. The van der Waals surface area contributed by atoms with E-state index in [1.165, 1.54) is 0 Å². The largest absolute Gasteiger partial charge is 0.743 e. The monoisotopic (exact) mass is 836 g/mol. The molecule has 57 heavy (non-hydrogen) atoms. The third-order valence-corrected chi connectivity index (χ3v) is 8.66. The molecule has 1 aromatic rings. The van der Waals surface area contributed by atoms with Crippen LogP contribution in [0.4, 0.5) is 8.78 Å². The number of hydrogen-bond acceptors (Lipinski definition) is 13. The van der Waals surface area contributed by atoms with Crippen LogP contribution in [0, 0.1) is 5.92 Å². The Hall–Kier alpha value is -5.82. The van der Waals surface area contributed by atoms with Crippen LogP contribution in [0.3, 0.4) is 0 Å². The highest BCUT2D eigenvalue weighted by Gasteiger charge is 2.40. The lowest BCUT2D eigenvalue weighted by atomic mass is 9.99. The lowest BCUT2D eigenvalue weighted by molar-refractivity contribution is -0.141. The molecule has 25 heteroatoms. The van der Waals surface area contributed by atoms with Crippen molar-refractivity contribution in [1.29, 1.82) is 0 Å². The van der Waals surface area contributed by atoms with Gasteiger partial charge in [-0.1, -0.05) is 32.0 Å². The van der Waals surface area contributed by atoms with Crippen molar-refractivity contribution in [2.75, 3.05) is 0 Å². The van der Waals surface area contributed by atoms with Crippen molar-refractivity contribution >= 4 is 63.5 Å². The Labute approximate surface area is 323 Å². The van der Waals surface area contributed by atoms with Crippen LogP contribution in [0.15, 0.2) is 24.3 Å². The van der Waals surface area contributed by atoms with Gasteiger partial charge < -0.3 is 57.9 Å². The van der Waals surface area contributed by atoms with E-state index in [-0.39, 0.29) is 17.9 Å². The standard InChI is InChI=1S/C32H45F2N7O15S/c1-14(2)9-20(26(36)48)39-30(52)21(11-16-5-4-6-17(10-16)32(33,34)57(54,55)56)41-29(51)19(7-8-23(42)43)38-31(53)22(13-25(46)47)40-27(49)15(3)37-28(50)18(35)12-24(44)45/h4-6,10,14-15,18-22H,7-9,11-13,35H2,1-3H3,(H2,36,48)(H,37,50)(H,38,53)(H,39,52)(H,40,49)(H,41,51)(H,42,43)(H,44,45)(H,46,47)(H,54,55,56)/p-1/t15-,18-,19-,20-,21+,22-/m0/s1. The zero-order chi connectivity index (χ0) is 44.0. The summed E-state index contributed by atoms with van der Waals surface area (Å²) in [6, 6.07) is -7.09. The number of aliphatic carboxylic acids is 3. The van der Waals surface area contributed by atoms with E-state index in [0.717, 1.165) is 19.1 Å². The molecule has 12 N–H and O–H groups in total. The summed E-state index contributed by atoms with van der Waals surface area (Å²) < 4.78 is 62.5. The fourth-order valence-electron chi connectivity index (χ4n) is 4.89. The maximum Gasteiger partial charge on any atom is 0.359 e. The van der Waals surface area contributed by atoms with Gasteiger partial charge in [-0.15, -0.1) is 0 Å². The second-order valence-corrected chi connectivity index (χ2v) is 14.5. The van der Waals surface area contributed by atoms with E-state index in [9.17, 15) is 75.1 Å². The van der Waals surface area contributed by atoms with Crippen molar-refractivity contribution in [3.8, 4) is 0 Å². The third-order valence-electron chi connectivity index (χ3n) is 7.79. The minimum Gasteiger partial charge on any atom is -0.743 e. The Morgan fingerprint density at radius 1 is 0.737 bits per heavy atom. The van der Waals surface area contributed by atoms with Crippen LogP contribution in [0.1, 0.15) is 64.0 Å². The molecule has 0 aliphatic rings. The molecule has 1 rings (SSSR count). The van der Waals surface area contributed by atoms with Gasteiger partial charge in [-0.25, -0.2) is 8.42 Å². The average molecular weight is 837 g/mol. The molecule has 0 fully saturated rings. The van der Waals surface area contributed by atoms with Crippen molar-refractivity contribution in [3.05, 3.63) is 35.4 Å². The fourth-order valence-corrected chi connectivity index (χ4v) is 5.30. The van der Waals surface area contributed by atoms with Gasteiger partial charge in [-0.2, -0.15) is 8.78 Å². The van der Waals surface area contributed by atoms with Gasteiger partial charge in [-0.3, -0.25) is 43.2 Å². The molecule has 0 spiro atoms. The number of carboxylic acids is 3. The first-order chi connectivity index (χ1) is 26.2. The Kier molecular flexibility index (Phi) is 18.5. The van der Waals surface area contributed by atoms with Crippen LogP contribution in [0.5, 0.6) is 0 Å². The lowest BCUT2D eigenvalue weighted by Crippen LogP contribution is -2.59. The first-order valence-corrected chi connectivity index (χ1v) is 18.2. The van der Waals surface area contributed by atoms with Crippen molar-refractivity contribution in [3.63, 3.8) is 0 Å². The van der Waals surface area contributed by atoms with Crippen LogP contribution >= 0.6 is 0 Å². The zero-order valence-corrected chi connectivity index (χ0v) is 31.5. The minimum absolute atomic E-state index is 0.0176. The third kappa shape index (κ3) is 16.4. The Balaban J connectivity index is 3.52. The minimum atomic E-state index is -6.23. The lowest BCUT2D eigenvalue weighted by Gasteiger charge is -2.27. The van der Waals surface area contributed by atoms with Crippen molar-refractivity contribution in [2.24, 2.45) is 17.4 Å². The molecule has 0 saturated heterocycles. The molecule has 0 unspecified atom stereocenters. The van der Waals surface area contributed by atoms with Gasteiger partial charge in [0.1, 0.15) is 30.2 Å². The fraction of sp³-hybridized carbons (Fsp3) is 0.531. The number of nitrogens with two attached hydrogens (primary N) is 2. The number of primary amides is 1. The summed E-state index contributed by atoms with van der Waals surface area (Å²) in [7, 11) is -6.23. The molecule has 0 aromatic heterocycles. The van der Waals surface area contributed by atoms with Crippen LogP contribution < -0.4 is 38.1 Å². The van der Waals surface area contributed by atoms with Crippen molar-refractivity contribution < 1.29 is 80.2 Å². The van der Waals surface area contributed by atoms with Crippen LogP contribution in [0.25, 0.3) is 0 Å². The van der Waals surface area contributed by atoms with E-state index in [2.05, 4.69) is 21.3 Å². The van der Waals surface area contributed by atoms with Gasteiger partial charge in [0.2, 0.25) is 35.4 Å². The second kappa shape index (κ2) is 21.5. The summed E-state index contributed by atoms with van der Waals surface area (Å²) >= 11 is 0. The van der Waals surface area contributed by atoms with E-state index in [1.807, 2.05) is 5.32 Å². The van der Waals surface area contributed by atoms with Crippen molar-refractivity contribution in [1.82, 2.24) is 26.6 Å². The van der Waals surface area contributed by atoms with E-state index in [0.29, 0.717) is 12.1 Å². The molecule has 6 atom stereocenters. The Morgan fingerprint density at radius 2 is 1.25 bits per heavy atom. The molecule has 318 valence electrons. The molecule has 0 bridgehead atoms. The molecule has 1 aromatic carbocycles. The van der Waals surface area contributed by atoms with E-state index < -0.39 is 143 Å². The van der Waals surface area contributed by atoms with Gasteiger partial charge >= 0.3 is 23.2 Å². The molecule has 0 radical (unpaired) electrons. The molecule has 22 nitrogen and oxygen atoms in total. The van der Waals surface area contributed by atoms with Crippen LogP contribution in [0.2, 0.25) is 0 Å². The maximum atomic E-state index is 14.4. The summed E-state index contributed by atoms with van der Waals surface area (Å²) in [5.74, 6) is -12.0. The van der Waals surface area contributed by atoms with Gasteiger partial charge in [0.25, 0.3) is 0 Å². The number of carboxylic acid groups (broad SMARTS) is 3. The quantitative estimate of drug-likeness (QED) is 0.0462. The normalized spacial score (nSPS) is 14.7. The van der Waals surface area contributed by atoms with Gasteiger partial charge in [0.05, 0.1) is 18.9 Å². The number of alkyl halides is 2. The number of carbonyl (C=O) groups is 9.